The van der Waals surface area contributed by atoms with E-state index in [4.69, 9.17) is 16.6 Å². The van der Waals surface area contributed by atoms with Gasteiger partial charge in [0.25, 0.3) is 5.91 Å². The van der Waals surface area contributed by atoms with Gasteiger partial charge in [-0.3, -0.25) is 14.7 Å². The highest BCUT2D eigenvalue weighted by molar-refractivity contribution is 6.30. The molecular formula is C28H27ClN4O. The number of anilines is 1. The third-order valence-electron chi connectivity index (χ3n) is 6.31. The normalized spacial score (nSPS) is 14.9. The van der Waals surface area contributed by atoms with Gasteiger partial charge in [0.2, 0.25) is 0 Å². The van der Waals surface area contributed by atoms with E-state index in [2.05, 4.69) is 34.3 Å². The zero-order valence-corrected chi connectivity index (χ0v) is 19.9. The van der Waals surface area contributed by atoms with Crippen molar-refractivity contribution in [2.75, 3.05) is 38.5 Å². The van der Waals surface area contributed by atoms with Crippen LogP contribution in [0.1, 0.15) is 16.1 Å². The first-order chi connectivity index (χ1) is 16.5. The molecule has 0 unspecified atom stereocenters. The Balaban J connectivity index is 1.25. The summed E-state index contributed by atoms with van der Waals surface area (Å²) < 4.78 is 0. The van der Waals surface area contributed by atoms with E-state index in [1.54, 1.807) is 0 Å². The van der Waals surface area contributed by atoms with Crippen molar-refractivity contribution in [3.8, 4) is 11.1 Å². The highest BCUT2D eigenvalue weighted by atomic mass is 35.5. The molecule has 1 aliphatic heterocycles. The molecule has 5 rings (SSSR count). The molecule has 2 heterocycles. The van der Waals surface area contributed by atoms with E-state index in [1.165, 1.54) is 0 Å². The van der Waals surface area contributed by atoms with Gasteiger partial charge in [0.05, 0.1) is 11.2 Å². The van der Waals surface area contributed by atoms with Crippen LogP contribution in [0.15, 0.2) is 78.9 Å². The van der Waals surface area contributed by atoms with E-state index in [1.807, 2.05) is 66.7 Å². The van der Waals surface area contributed by atoms with Crippen molar-refractivity contribution in [3.63, 3.8) is 0 Å². The Kier molecular flexibility index (Phi) is 6.59. The summed E-state index contributed by atoms with van der Waals surface area (Å²) in [4.78, 5) is 22.4. The minimum atomic E-state index is -0.137. The fourth-order valence-corrected chi connectivity index (χ4v) is 4.35. The summed E-state index contributed by atoms with van der Waals surface area (Å²) in [6.45, 7) is 5.21. The molecule has 5 nitrogen and oxygen atoms in total. The van der Waals surface area contributed by atoms with E-state index in [0.29, 0.717) is 10.6 Å². The van der Waals surface area contributed by atoms with E-state index in [9.17, 15) is 4.79 Å². The quantitative estimate of drug-likeness (QED) is 0.415. The molecule has 1 fully saturated rings. The van der Waals surface area contributed by atoms with Crippen molar-refractivity contribution < 1.29 is 4.79 Å². The summed E-state index contributed by atoms with van der Waals surface area (Å²) >= 11 is 5.97. The van der Waals surface area contributed by atoms with Crippen LogP contribution in [0, 0.1) is 0 Å². The molecule has 0 aliphatic carbocycles. The molecule has 0 saturated carbocycles. The number of pyridine rings is 1. The Morgan fingerprint density at radius 2 is 1.56 bits per heavy atom. The Morgan fingerprint density at radius 3 is 2.26 bits per heavy atom. The maximum absolute atomic E-state index is 12.8. The van der Waals surface area contributed by atoms with E-state index >= 15 is 0 Å². The second kappa shape index (κ2) is 9.94. The van der Waals surface area contributed by atoms with Gasteiger partial charge in [-0.05, 0) is 66.7 Å². The van der Waals surface area contributed by atoms with Crippen LogP contribution in [0.25, 0.3) is 22.0 Å². The summed E-state index contributed by atoms with van der Waals surface area (Å²) in [5, 5.41) is 4.72. The maximum Gasteiger partial charge on any atom is 0.255 e. The van der Waals surface area contributed by atoms with Crippen LogP contribution < -0.4 is 5.32 Å². The van der Waals surface area contributed by atoms with Gasteiger partial charge >= 0.3 is 0 Å². The van der Waals surface area contributed by atoms with Crippen LogP contribution in [-0.2, 0) is 6.54 Å². The Hall–Kier alpha value is -3.25. The lowest BCUT2D eigenvalue weighted by atomic mass is 10.0. The fourth-order valence-electron chi connectivity index (χ4n) is 4.23. The number of benzene rings is 3. The first-order valence-electron chi connectivity index (χ1n) is 11.5. The number of nitrogens with one attached hydrogen (secondary N) is 1. The highest BCUT2D eigenvalue weighted by Gasteiger charge is 2.14. The van der Waals surface area contributed by atoms with E-state index in [-0.39, 0.29) is 5.91 Å². The molecule has 0 radical (unpaired) electrons. The third-order valence-corrected chi connectivity index (χ3v) is 6.56. The van der Waals surface area contributed by atoms with Gasteiger partial charge in [0, 0.05) is 54.4 Å². The van der Waals surface area contributed by atoms with Crippen LogP contribution in [0.4, 0.5) is 5.69 Å². The zero-order valence-electron chi connectivity index (χ0n) is 19.2. The van der Waals surface area contributed by atoms with Gasteiger partial charge in [0.1, 0.15) is 0 Å². The van der Waals surface area contributed by atoms with E-state index in [0.717, 1.165) is 66.1 Å². The predicted molar refractivity (Wildman–Crippen MR) is 139 cm³/mol. The van der Waals surface area contributed by atoms with Crippen molar-refractivity contribution in [2.24, 2.45) is 0 Å². The monoisotopic (exact) mass is 470 g/mol. The first-order valence-corrected chi connectivity index (χ1v) is 11.9. The van der Waals surface area contributed by atoms with Gasteiger partial charge in [-0.15, -0.1) is 0 Å². The number of carbonyl (C=O) groups is 1. The smallest absolute Gasteiger partial charge is 0.255 e. The van der Waals surface area contributed by atoms with Gasteiger partial charge in [-0.1, -0.05) is 41.9 Å². The Bertz CT molecular complexity index is 1300. The lowest BCUT2D eigenvalue weighted by Crippen LogP contribution is -2.43. The van der Waals surface area contributed by atoms with Crippen LogP contribution in [0.2, 0.25) is 5.02 Å². The van der Waals surface area contributed by atoms with Crippen LogP contribution in [0.5, 0.6) is 0 Å². The molecule has 0 atom stereocenters. The van der Waals surface area contributed by atoms with Crippen LogP contribution >= 0.6 is 11.6 Å². The molecule has 0 bridgehead atoms. The number of halogens is 1. The van der Waals surface area contributed by atoms with Gasteiger partial charge in [-0.2, -0.15) is 0 Å². The SMILES string of the molecule is CN1CCN(Cc2ccc3cc(NC(=O)c4ccc(-c5ccc(Cl)cc5)cc4)ccc3n2)CC1. The molecule has 1 saturated heterocycles. The third kappa shape index (κ3) is 5.28. The lowest BCUT2D eigenvalue weighted by Gasteiger charge is -2.32. The molecule has 1 N–H and O–H groups in total. The number of nitrogens with zero attached hydrogens (tertiary/aromatic N) is 3. The fraction of sp³-hybridized carbons (Fsp3) is 0.214. The van der Waals surface area contributed by atoms with Crippen LogP contribution in [0.3, 0.4) is 0 Å². The second-order valence-corrected chi connectivity index (χ2v) is 9.26. The van der Waals surface area contributed by atoms with Gasteiger partial charge in [0.15, 0.2) is 0 Å². The van der Waals surface area contributed by atoms with Crippen molar-refractivity contribution in [1.82, 2.24) is 14.8 Å². The molecule has 34 heavy (non-hydrogen) atoms. The van der Waals surface area contributed by atoms with Crippen molar-refractivity contribution in [2.45, 2.75) is 6.54 Å². The lowest BCUT2D eigenvalue weighted by molar-refractivity contribution is 0.102. The first kappa shape index (κ1) is 22.5. The maximum atomic E-state index is 12.8. The largest absolute Gasteiger partial charge is 0.322 e. The van der Waals surface area contributed by atoms with Crippen LogP contribution in [-0.4, -0.2) is 53.9 Å². The minimum absolute atomic E-state index is 0.137. The van der Waals surface area contributed by atoms with E-state index < -0.39 is 0 Å². The Labute approximate surface area is 205 Å². The number of amides is 1. The number of fused-ring (bicyclic) bond motifs is 1. The summed E-state index contributed by atoms with van der Waals surface area (Å²) in [6.07, 6.45) is 0. The van der Waals surface area contributed by atoms with Gasteiger partial charge in [-0.25, -0.2) is 0 Å². The number of likely N-dealkylation sites (N-methyl/N-ethyl adjacent to an activating group) is 1. The molecule has 172 valence electrons. The molecule has 1 aromatic heterocycles. The minimum Gasteiger partial charge on any atom is -0.322 e. The van der Waals surface area contributed by atoms with Crippen molar-refractivity contribution >= 4 is 34.1 Å². The summed E-state index contributed by atoms with van der Waals surface area (Å²) in [5.74, 6) is -0.137. The summed E-state index contributed by atoms with van der Waals surface area (Å²) in [5.41, 5.74) is 5.49. The topological polar surface area (TPSA) is 48.5 Å². The van der Waals surface area contributed by atoms with Crippen molar-refractivity contribution in [1.29, 1.82) is 0 Å². The molecule has 0 spiro atoms. The summed E-state index contributed by atoms with van der Waals surface area (Å²) in [7, 11) is 2.17. The molecule has 1 aliphatic rings. The molecule has 1 amide bonds. The number of rotatable bonds is 5. The number of piperazine rings is 1. The number of hydrogen-bond acceptors (Lipinski definition) is 4. The second-order valence-electron chi connectivity index (χ2n) is 8.83. The molecule has 4 aromatic rings. The number of carbonyl (C=O) groups excluding carboxylic acids is 1. The standard InChI is InChI=1S/C28H27ClN4O/c1-32-14-16-33(17-15-32)19-26-11-8-23-18-25(12-13-27(23)30-26)31-28(34)22-4-2-20(3-5-22)21-6-9-24(29)10-7-21/h2-13,18H,14-17,19H2,1H3,(H,31,34). The number of hydrogen-bond donors (Lipinski definition) is 1. The average molecular weight is 471 g/mol. The van der Waals surface area contributed by atoms with Gasteiger partial charge < -0.3 is 10.2 Å². The average Bonchev–Trinajstić information content (AvgIpc) is 2.86. The summed E-state index contributed by atoms with van der Waals surface area (Å²) in [6, 6.07) is 25.3. The predicted octanol–water partition coefficient (Wildman–Crippen LogP) is 5.55. The Morgan fingerprint density at radius 1 is 0.882 bits per heavy atom. The number of aromatic nitrogens is 1. The molecule has 3 aromatic carbocycles. The molecular weight excluding hydrogens is 444 g/mol. The van der Waals surface area contributed by atoms with Crippen molar-refractivity contribution in [3.05, 3.63) is 95.1 Å². The highest BCUT2D eigenvalue weighted by Crippen LogP contribution is 2.23. The molecule has 6 heteroatoms. The zero-order chi connectivity index (χ0) is 23.5.